The molecule has 0 aromatic carbocycles. The quantitative estimate of drug-likeness (QED) is 0.512. The second-order valence-electron chi connectivity index (χ2n) is 2.17. The maximum absolute atomic E-state index is 10.4. The van der Waals surface area contributed by atoms with Gasteiger partial charge in [0, 0.05) is 6.42 Å². The third kappa shape index (κ3) is 7.43. The van der Waals surface area contributed by atoms with Crippen molar-refractivity contribution in [3.8, 4) is 0 Å². The van der Waals surface area contributed by atoms with Crippen LogP contribution in [0.25, 0.3) is 0 Å². The molecule has 0 aliphatic rings. The van der Waals surface area contributed by atoms with Crippen molar-refractivity contribution in [2.75, 3.05) is 7.11 Å². The van der Waals surface area contributed by atoms with E-state index in [1.807, 2.05) is 13.8 Å². The highest BCUT2D eigenvalue weighted by atomic mass is 16.5. The van der Waals surface area contributed by atoms with Crippen LogP contribution in [0.4, 0.5) is 0 Å². The Bertz CT molecular complexity index is 78.4. The van der Waals surface area contributed by atoms with Gasteiger partial charge in [-0.3, -0.25) is 4.79 Å². The third-order valence-corrected chi connectivity index (χ3v) is 0.803. The molecule has 0 heterocycles. The van der Waals surface area contributed by atoms with Crippen LogP contribution in [0.3, 0.4) is 0 Å². The molecular formula is C6H14O3. The summed E-state index contributed by atoms with van der Waals surface area (Å²) in [5, 5.41) is 0. The molecule has 0 bridgehead atoms. The Morgan fingerprint density at radius 1 is 1.56 bits per heavy atom. The van der Waals surface area contributed by atoms with Crippen LogP contribution in [0.15, 0.2) is 0 Å². The molecule has 0 saturated heterocycles. The summed E-state index contributed by atoms with van der Waals surface area (Å²) in [6.07, 6.45) is 0.524. The molecule has 0 rings (SSSR count). The van der Waals surface area contributed by atoms with Gasteiger partial charge >= 0.3 is 5.97 Å². The van der Waals surface area contributed by atoms with Crippen molar-refractivity contribution in [1.29, 1.82) is 0 Å². The fraction of sp³-hybridized carbons (Fsp3) is 0.833. The van der Waals surface area contributed by atoms with E-state index in [4.69, 9.17) is 0 Å². The minimum absolute atomic E-state index is 0. The molecule has 0 aromatic rings. The van der Waals surface area contributed by atoms with Crippen LogP contribution in [0, 0.1) is 5.92 Å². The summed E-state index contributed by atoms with van der Waals surface area (Å²) in [7, 11) is 1.41. The van der Waals surface area contributed by atoms with E-state index in [1.165, 1.54) is 7.11 Å². The zero-order valence-corrected chi connectivity index (χ0v) is 6.10. The fourth-order valence-electron chi connectivity index (χ4n) is 0.417. The molecule has 0 unspecified atom stereocenters. The Hall–Kier alpha value is -0.570. The predicted octanol–water partition coefficient (Wildman–Crippen LogP) is 0.381. The van der Waals surface area contributed by atoms with Gasteiger partial charge in [-0.2, -0.15) is 0 Å². The van der Waals surface area contributed by atoms with E-state index in [9.17, 15) is 4.79 Å². The average Bonchev–Trinajstić information content (AvgIpc) is 1.65. The second-order valence-corrected chi connectivity index (χ2v) is 2.17. The maximum atomic E-state index is 10.4. The minimum Gasteiger partial charge on any atom is -0.469 e. The highest BCUT2D eigenvalue weighted by Gasteiger charge is 2.01. The first-order valence-corrected chi connectivity index (χ1v) is 2.73. The molecule has 0 aromatic heterocycles. The summed E-state index contributed by atoms with van der Waals surface area (Å²) in [4.78, 5) is 10.4. The van der Waals surface area contributed by atoms with Gasteiger partial charge in [-0.1, -0.05) is 13.8 Å². The van der Waals surface area contributed by atoms with Crippen LogP contribution in [-0.2, 0) is 9.53 Å². The molecule has 0 aliphatic carbocycles. The number of ether oxygens (including phenoxy) is 1. The molecule has 0 spiro atoms. The Labute approximate surface area is 55.3 Å². The van der Waals surface area contributed by atoms with Crippen molar-refractivity contribution >= 4 is 5.97 Å². The summed E-state index contributed by atoms with van der Waals surface area (Å²) >= 11 is 0. The number of hydrogen-bond donors (Lipinski definition) is 0. The first kappa shape index (κ1) is 11.3. The van der Waals surface area contributed by atoms with Gasteiger partial charge in [-0.15, -0.1) is 0 Å². The largest absolute Gasteiger partial charge is 0.469 e. The van der Waals surface area contributed by atoms with E-state index in [2.05, 4.69) is 4.74 Å². The zero-order valence-electron chi connectivity index (χ0n) is 6.10. The Balaban J connectivity index is 0. The van der Waals surface area contributed by atoms with Crippen LogP contribution in [0.5, 0.6) is 0 Å². The molecule has 9 heavy (non-hydrogen) atoms. The second kappa shape index (κ2) is 5.56. The highest BCUT2D eigenvalue weighted by Crippen LogP contribution is 1.98. The maximum Gasteiger partial charge on any atom is 0.305 e. The number of rotatable bonds is 2. The molecule has 3 nitrogen and oxygen atoms in total. The zero-order chi connectivity index (χ0) is 6.57. The lowest BCUT2D eigenvalue weighted by Gasteiger charge is -1.99. The number of carbonyl (C=O) groups excluding carboxylic acids is 1. The molecule has 0 fully saturated rings. The van der Waals surface area contributed by atoms with Crippen LogP contribution in [0.1, 0.15) is 20.3 Å². The third-order valence-electron chi connectivity index (χ3n) is 0.803. The Kier molecular flexibility index (Phi) is 6.96. The molecule has 0 atom stereocenters. The molecule has 0 radical (unpaired) electrons. The molecular weight excluding hydrogens is 120 g/mol. The van der Waals surface area contributed by atoms with Crippen LogP contribution in [0.2, 0.25) is 0 Å². The lowest BCUT2D eigenvalue weighted by atomic mass is 10.1. The number of hydrogen-bond acceptors (Lipinski definition) is 2. The van der Waals surface area contributed by atoms with Gasteiger partial charge in [0.1, 0.15) is 0 Å². The van der Waals surface area contributed by atoms with Crippen molar-refractivity contribution in [3.05, 3.63) is 0 Å². The van der Waals surface area contributed by atoms with Crippen molar-refractivity contribution in [1.82, 2.24) is 0 Å². The lowest BCUT2D eigenvalue weighted by Crippen LogP contribution is -2.03. The normalized spacial score (nSPS) is 8.44. The summed E-state index contributed by atoms with van der Waals surface area (Å²) in [5.74, 6) is 0.280. The molecule has 0 saturated carbocycles. The minimum atomic E-state index is -0.125. The van der Waals surface area contributed by atoms with E-state index >= 15 is 0 Å². The van der Waals surface area contributed by atoms with Gasteiger partial charge in [0.25, 0.3) is 0 Å². The summed E-state index contributed by atoms with van der Waals surface area (Å²) in [5.41, 5.74) is 0. The number of esters is 1. The van der Waals surface area contributed by atoms with E-state index in [0.717, 1.165) is 0 Å². The molecule has 2 N–H and O–H groups in total. The molecule has 3 heteroatoms. The predicted molar refractivity (Wildman–Crippen MR) is 35.1 cm³/mol. The summed E-state index contributed by atoms with van der Waals surface area (Å²) in [6, 6.07) is 0. The Morgan fingerprint density at radius 2 is 2.00 bits per heavy atom. The van der Waals surface area contributed by atoms with Crippen LogP contribution < -0.4 is 0 Å². The van der Waals surface area contributed by atoms with E-state index < -0.39 is 0 Å². The van der Waals surface area contributed by atoms with Gasteiger partial charge in [0.2, 0.25) is 0 Å². The van der Waals surface area contributed by atoms with Gasteiger partial charge in [-0.25, -0.2) is 0 Å². The van der Waals surface area contributed by atoms with Gasteiger partial charge in [0.05, 0.1) is 7.11 Å². The number of methoxy groups -OCH3 is 1. The molecule has 0 amide bonds. The van der Waals surface area contributed by atoms with Crippen molar-refractivity contribution < 1.29 is 15.0 Å². The van der Waals surface area contributed by atoms with E-state index in [0.29, 0.717) is 12.3 Å². The van der Waals surface area contributed by atoms with Crippen molar-refractivity contribution in [2.24, 2.45) is 5.92 Å². The van der Waals surface area contributed by atoms with Crippen molar-refractivity contribution in [2.45, 2.75) is 20.3 Å². The first-order valence-electron chi connectivity index (χ1n) is 2.73. The van der Waals surface area contributed by atoms with Gasteiger partial charge in [-0.05, 0) is 5.92 Å². The summed E-state index contributed by atoms with van der Waals surface area (Å²) < 4.78 is 4.42. The van der Waals surface area contributed by atoms with Gasteiger partial charge < -0.3 is 10.2 Å². The smallest absolute Gasteiger partial charge is 0.305 e. The molecule has 56 valence electrons. The Morgan fingerprint density at radius 3 is 2.11 bits per heavy atom. The average molecular weight is 134 g/mol. The van der Waals surface area contributed by atoms with Crippen molar-refractivity contribution in [3.63, 3.8) is 0 Å². The van der Waals surface area contributed by atoms with Gasteiger partial charge in [0.15, 0.2) is 0 Å². The highest BCUT2D eigenvalue weighted by molar-refractivity contribution is 5.69. The SMILES string of the molecule is COC(=O)CC(C)C.O. The first-order chi connectivity index (χ1) is 3.66. The van der Waals surface area contributed by atoms with E-state index in [1.54, 1.807) is 0 Å². The van der Waals surface area contributed by atoms with E-state index in [-0.39, 0.29) is 11.4 Å². The standard InChI is InChI=1S/C6H12O2.H2O/c1-5(2)4-6(7)8-3;/h5H,4H2,1-3H3;1H2. The molecule has 0 aliphatic heterocycles. The monoisotopic (exact) mass is 134 g/mol. The topological polar surface area (TPSA) is 57.8 Å². The summed E-state index contributed by atoms with van der Waals surface area (Å²) in [6.45, 7) is 3.97. The van der Waals surface area contributed by atoms with Crippen LogP contribution in [-0.4, -0.2) is 18.6 Å². The lowest BCUT2D eigenvalue weighted by molar-refractivity contribution is -0.141. The fourth-order valence-corrected chi connectivity index (χ4v) is 0.417. The number of carbonyl (C=O) groups is 1. The van der Waals surface area contributed by atoms with Crippen LogP contribution >= 0.6 is 0 Å².